The van der Waals surface area contributed by atoms with Crippen LogP contribution in [-0.4, -0.2) is 24.5 Å². The third-order valence-electron chi connectivity index (χ3n) is 3.62. The monoisotopic (exact) mass is 252 g/mol. The zero-order chi connectivity index (χ0) is 12.4. The molecule has 3 atom stereocenters. The fourth-order valence-corrected chi connectivity index (χ4v) is 3.26. The molecule has 1 aromatic heterocycles. The number of piperidine rings is 1. The molecule has 0 radical (unpaired) electrons. The van der Waals surface area contributed by atoms with E-state index in [0.717, 1.165) is 24.1 Å². The van der Waals surface area contributed by atoms with Gasteiger partial charge in [0.05, 0.1) is 5.56 Å². The highest BCUT2D eigenvalue weighted by molar-refractivity contribution is 7.08. The lowest BCUT2D eigenvalue weighted by atomic mass is 9.89. The number of rotatable bonds is 2. The van der Waals surface area contributed by atoms with E-state index in [1.807, 2.05) is 17.7 Å². The van der Waals surface area contributed by atoms with Crippen molar-refractivity contribution in [3.05, 3.63) is 21.9 Å². The second kappa shape index (κ2) is 5.19. The van der Waals surface area contributed by atoms with Gasteiger partial charge in [-0.3, -0.25) is 4.79 Å². The topological polar surface area (TPSA) is 41.1 Å². The summed E-state index contributed by atoms with van der Waals surface area (Å²) in [5.41, 5.74) is 1.89. The Morgan fingerprint density at radius 3 is 2.82 bits per heavy atom. The molecule has 2 N–H and O–H groups in total. The largest absolute Gasteiger partial charge is 0.347 e. The van der Waals surface area contributed by atoms with Crippen molar-refractivity contribution < 1.29 is 4.79 Å². The molecular weight excluding hydrogens is 232 g/mol. The first-order valence-electron chi connectivity index (χ1n) is 6.16. The lowest BCUT2D eigenvalue weighted by Crippen LogP contribution is -2.55. The fourth-order valence-electron chi connectivity index (χ4n) is 2.43. The van der Waals surface area contributed by atoms with E-state index in [1.54, 1.807) is 11.3 Å². The van der Waals surface area contributed by atoms with Crippen LogP contribution in [0.4, 0.5) is 0 Å². The molecule has 2 heterocycles. The normalized spacial score (nSPS) is 29.0. The maximum Gasteiger partial charge on any atom is 0.252 e. The van der Waals surface area contributed by atoms with Crippen LogP contribution in [0.5, 0.6) is 0 Å². The number of amides is 1. The number of nitrogens with one attached hydrogen (secondary N) is 2. The molecule has 1 aliphatic rings. The van der Waals surface area contributed by atoms with Crippen LogP contribution in [0.3, 0.4) is 0 Å². The first-order valence-corrected chi connectivity index (χ1v) is 7.11. The average molecular weight is 252 g/mol. The molecule has 1 amide bonds. The minimum absolute atomic E-state index is 0.0659. The Labute approximate surface area is 107 Å². The second-order valence-electron chi connectivity index (χ2n) is 4.98. The number of carbonyl (C=O) groups is 1. The molecule has 0 aliphatic carbocycles. The lowest BCUT2D eigenvalue weighted by molar-refractivity contribution is 0.0897. The van der Waals surface area contributed by atoms with E-state index in [9.17, 15) is 4.79 Å². The SMILES string of the molecule is Cc1cscc1C(=O)NC1C(C)CCNC1C. The summed E-state index contributed by atoms with van der Waals surface area (Å²) in [7, 11) is 0. The molecule has 0 aromatic carbocycles. The van der Waals surface area contributed by atoms with Gasteiger partial charge in [0.25, 0.3) is 5.91 Å². The van der Waals surface area contributed by atoms with Crippen LogP contribution in [0.25, 0.3) is 0 Å². The highest BCUT2D eigenvalue weighted by atomic mass is 32.1. The fraction of sp³-hybridized carbons (Fsp3) is 0.615. The van der Waals surface area contributed by atoms with E-state index in [2.05, 4.69) is 24.5 Å². The number of carbonyl (C=O) groups excluding carboxylic acids is 1. The smallest absolute Gasteiger partial charge is 0.252 e. The van der Waals surface area contributed by atoms with Crippen molar-refractivity contribution in [3.63, 3.8) is 0 Å². The molecule has 3 unspecified atom stereocenters. The predicted octanol–water partition coefficient (Wildman–Crippen LogP) is 2.17. The molecule has 1 saturated heterocycles. The summed E-state index contributed by atoms with van der Waals surface area (Å²) in [5.74, 6) is 0.602. The molecule has 3 nitrogen and oxygen atoms in total. The molecule has 94 valence electrons. The zero-order valence-corrected chi connectivity index (χ0v) is 11.4. The van der Waals surface area contributed by atoms with Gasteiger partial charge in [-0.15, -0.1) is 0 Å². The Morgan fingerprint density at radius 2 is 2.24 bits per heavy atom. The maximum absolute atomic E-state index is 12.2. The van der Waals surface area contributed by atoms with Gasteiger partial charge in [-0.2, -0.15) is 11.3 Å². The lowest BCUT2D eigenvalue weighted by Gasteiger charge is -2.36. The first kappa shape index (κ1) is 12.6. The molecule has 1 aromatic rings. The van der Waals surface area contributed by atoms with Crippen molar-refractivity contribution in [1.29, 1.82) is 0 Å². The highest BCUT2D eigenvalue weighted by Crippen LogP contribution is 2.18. The Balaban J connectivity index is 2.05. The van der Waals surface area contributed by atoms with Gasteiger partial charge in [0.2, 0.25) is 0 Å². The van der Waals surface area contributed by atoms with Gasteiger partial charge in [-0.25, -0.2) is 0 Å². The number of hydrogen-bond donors (Lipinski definition) is 2. The Kier molecular flexibility index (Phi) is 3.84. The number of thiophene rings is 1. The third kappa shape index (κ3) is 2.69. The minimum atomic E-state index is 0.0659. The van der Waals surface area contributed by atoms with Crippen LogP contribution in [0.2, 0.25) is 0 Å². The van der Waals surface area contributed by atoms with Crippen LogP contribution in [0, 0.1) is 12.8 Å². The van der Waals surface area contributed by atoms with E-state index in [4.69, 9.17) is 0 Å². The Morgan fingerprint density at radius 1 is 1.47 bits per heavy atom. The molecule has 4 heteroatoms. The van der Waals surface area contributed by atoms with E-state index in [1.165, 1.54) is 0 Å². The van der Waals surface area contributed by atoms with Gasteiger partial charge in [0, 0.05) is 17.5 Å². The second-order valence-corrected chi connectivity index (χ2v) is 5.72. The zero-order valence-electron chi connectivity index (χ0n) is 10.6. The van der Waals surface area contributed by atoms with Crippen LogP contribution in [-0.2, 0) is 0 Å². The van der Waals surface area contributed by atoms with Crippen molar-refractivity contribution in [3.8, 4) is 0 Å². The highest BCUT2D eigenvalue weighted by Gasteiger charge is 2.29. The summed E-state index contributed by atoms with van der Waals surface area (Å²) in [4.78, 5) is 12.2. The molecule has 17 heavy (non-hydrogen) atoms. The number of hydrogen-bond acceptors (Lipinski definition) is 3. The van der Waals surface area contributed by atoms with E-state index in [0.29, 0.717) is 12.0 Å². The van der Waals surface area contributed by atoms with Crippen molar-refractivity contribution in [1.82, 2.24) is 10.6 Å². The van der Waals surface area contributed by atoms with Gasteiger partial charge in [-0.05, 0) is 43.7 Å². The number of aryl methyl sites for hydroxylation is 1. The van der Waals surface area contributed by atoms with Gasteiger partial charge >= 0.3 is 0 Å². The van der Waals surface area contributed by atoms with Crippen LogP contribution in [0.1, 0.15) is 36.2 Å². The predicted molar refractivity (Wildman–Crippen MR) is 71.6 cm³/mol. The first-order chi connectivity index (χ1) is 8.09. The van der Waals surface area contributed by atoms with Crippen molar-refractivity contribution >= 4 is 17.2 Å². The van der Waals surface area contributed by atoms with Gasteiger partial charge < -0.3 is 10.6 Å². The third-order valence-corrected chi connectivity index (χ3v) is 4.48. The van der Waals surface area contributed by atoms with Crippen LogP contribution >= 0.6 is 11.3 Å². The standard InChI is InChI=1S/C13H20N2OS/c1-8-4-5-14-10(3)12(8)15-13(16)11-7-17-6-9(11)2/h6-8,10,12,14H,4-5H2,1-3H3,(H,15,16). The molecule has 0 bridgehead atoms. The molecule has 1 fully saturated rings. The van der Waals surface area contributed by atoms with E-state index < -0.39 is 0 Å². The minimum Gasteiger partial charge on any atom is -0.347 e. The summed E-state index contributed by atoms with van der Waals surface area (Å²) in [6.07, 6.45) is 1.12. The molecule has 2 rings (SSSR count). The molecular formula is C13H20N2OS. The van der Waals surface area contributed by atoms with Gasteiger partial charge in [-0.1, -0.05) is 6.92 Å². The summed E-state index contributed by atoms with van der Waals surface area (Å²) in [6.45, 7) is 7.38. The van der Waals surface area contributed by atoms with Crippen molar-refractivity contribution in [2.24, 2.45) is 5.92 Å². The Bertz CT molecular complexity index is 392. The summed E-state index contributed by atoms with van der Waals surface area (Å²) in [6, 6.07) is 0.581. The summed E-state index contributed by atoms with van der Waals surface area (Å²) >= 11 is 1.58. The van der Waals surface area contributed by atoms with Crippen molar-refractivity contribution in [2.45, 2.75) is 39.3 Å². The van der Waals surface area contributed by atoms with E-state index >= 15 is 0 Å². The maximum atomic E-state index is 12.2. The summed E-state index contributed by atoms with van der Waals surface area (Å²) < 4.78 is 0. The van der Waals surface area contributed by atoms with Crippen LogP contribution < -0.4 is 10.6 Å². The summed E-state index contributed by atoms with van der Waals surface area (Å²) in [5, 5.41) is 10.5. The van der Waals surface area contributed by atoms with Crippen molar-refractivity contribution in [2.75, 3.05) is 6.54 Å². The Hall–Kier alpha value is -0.870. The quantitative estimate of drug-likeness (QED) is 0.847. The van der Waals surface area contributed by atoms with Crippen LogP contribution in [0.15, 0.2) is 10.8 Å². The molecule has 1 aliphatic heterocycles. The van der Waals surface area contributed by atoms with Gasteiger partial charge in [0.1, 0.15) is 0 Å². The molecule has 0 saturated carbocycles. The average Bonchev–Trinajstić information content (AvgIpc) is 2.70. The van der Waals surface area contributed by atoms with E-state index in [-0.39, 0.29) is 11.9 Å². The van der Waals surface area contributed by atoms with Gasteiger partial charge in [0.15, 0.2) is 0 Å². The molecule has 0 spiro atoms.